The summed E-state index contributed by atoms with van der Waals surface area (Å²) in [6.07, 6.45) is 1.72. The van der Waals surface area contributed by atoms with Gasteiger partial charge >= 0.3 is 0 Å². The number of rotatable bonds is 2. The average Bonchev–Trinajstić information content (AvgIpc) is 2.05. The molecule has 0 saturated heterocycles. The van der Waals surface area contributed by atoms with Crippen molar-refractivity contribution in [3.05, 3.63) is 18.0 Å². The summed E-state index contributed by atoms with van der Waals surface area (Å²) in [5, 5.41) is 8.71. The maximum atomic E-state index is 8.71. The van der Waals surface area contributed by atoms with Gasteiger partial charge in [0.15, 0.2) is 5.69 Å². The number of aromatic nitrogens is 1. The first-order valence-corrected chi connectivity index (χ1v) is 4.76. The van der Waals surface area contributed by atoms with Gasteiger partial charge in [-0.2, -0.15) is 5.26 Å². The zero-order chi connectivity index (χ0) is 8.97. The zero-order valence-corrected chi connectivity index (χ0v) is 7.98. The second-order valence-corrected chi connectivity index (χ2v) is 3.71. The van der Waals surface area contributed by atoms with Crippen molar-refractivity contribution in [3.8, 4) is 6.07 Å². The minimum absolute atomic E-state index is 0.535. The summed E-state index contributed by atoms with van der Waals surface area (Å²) in [5.74, 6) is 0.972. The van der Waals surface area contributed by atoms with Crippen LogP contribution >= 0.6 is 11.8 Å². The quantitative estimate of drug-likeness (QED) is 0.481. The second kappa shape index (κ2) is 4.17. The molecule has 0 radical (unpaired) electrons. The van der Waals surface area contributed by atoms with Gasteiger partial charge in [-0.25, -0.2) is 4.98 Å². The Morgan fingerprint density at radius 1 is 1.75 bits per heavy atom. The van der Waals surface area contributed by atoms with Gasteiger partial charge in [0.25, 0.3) is 0 Å². The molecule has 2 nitrogen and oxygen atoms in total. The smallest absolute Gasteiger partial charge is 0.153 e. The molecule has 0 atom stereocenters. The molecule has 0 aromatic carbocycles. The molecule has 0 unspecified atom stereocenters. The highest BCUT2D eigenvalue weighted by Gasteiger charge is 2.02. The van der Waals surface area contributed by atoms with E-state index in [1.165, 1.54) is 0 Å². The van der Waals surface area contributed by atoms with Gasteiger partial charge in [-0.3, -0.25) is 0 Å². The molecule has 0 spiro atoms. The second-order valence-electron chi connectivity index (χ2n) is 2.40. The van der Waals surface area contributed by atoms with Crippen LogP contribution in [0.4, 0.5) is 0 Å². The topological polar surface area (TPSA) is 36.7 Å². The Morgan fingerprint density at radius 2 is 2.50 bits per heavy atom. The summed E-state index contributed by atoms with van der Waals surface area (Å²) in [6.45, 7) is 2.06. The maximum absolute atomic E-state index is 8.71. The molecule has 0 N–H and O–H groups in total. The average molecular weight is 176 g/mol. The van der Waals surface area contributed by atoms with E-state index in [1.807, 2.05) is 13.9 Å². The maximum Gasteiger partial charge on any atom is 0.153 e. The van der Waals surface area contributed by atoms with Crippen molar-refractivity contribution in [2.24, 2.45) is 0 Å². The van der Waals surface area contributed by atoms with Gasteiger partial charge in [0.2, 0.25) is 0 Å². The Kier molecular flexibility index (Phi) is 3.18. The third kappa shape index (κ3) is 2.02. The molecule has 0 aliphatic heterocycles. The van der Waals surface area contributed by atoms with Crippen LogP contribution in [0, 0.1) is 11.3 Å². The lowest BCUT2D eigenvalue weighted by Gasteiger charge is -2.01. The number of hydrogen-bond acceptors (Lipinski definition) is 3. The van der Waals surface area contributed by atoms with Crippen LogP contribution in [0.3, 0.4) is 0 Å². The van der Waals surface area contributed by atoms with Crippen LogP contribution in [0.15, 0.2) is 17.2 Å². The summed E-state index contributed by atoms with van der Waals surface area (Å²) in [7, 11) is 1.98. The van der Waals surface area contributed by atoms with E-state index in [-0.39, 0.29) is 0 Å². The summed E-state index contributed by atoms with van der Waals surface area (Å²) in [5.41, 5.74) is 1.64. The fourth-order valence-corrected chi connectivity index (χ4v) is 1.71. The normalized spacial score (nSPS) is 9.33. The Hall–Kier alpha value is -0.945. The highest BCUT2D eigenvalue weighted by molar-refractivity contribution is 7.99. The predicted molar refractivity (Wildman–Crippen MR) is 53.5 cm³/mol. The van der Waals surface area contributed by atoms with Crippen molar-refractivity contribution < 1.29 is 0 Å². The SMILES string of the molecule is Bc1cnc(C#N)c(SCC)c1. The number of nitriles is 1. The van der Waals surface area contributed by atoms with Gasteiger partial charge in [0.05, 0.1) is 0 Å². The van der Waals surface area contributed by atoms with Crippen molar-refractivity contribution >= 4 is 25.1 Å². The number of thioether (sulfide) groups is 1. The molecular weight excluding hydrogens is 167 g/mol. The van der Waals surface area contributed by atoms with Gasteiger partial charge < -0.3 is 0 Å². The monoisotopic (exact) mass is 176 g/mol. The molecule has 1 rings (SSSR count). The van der Waals surface area contributed by atoms with E-state index in [0.29, 0.717) is 5.69 Å². The molecule has 0 bridgehead atoms. The first-order valence-electron chi connectivity index (χ1n) is 3.77. The van der Waals surface area contributed by atoms with E-state index in [1.54, 1.807) is 18.0 Å². The fraction of sp³-hybridized carbons (Fsp3) is 0.250. The molecule has 1 aromatic rings. The molecule has 4 heteroatoms. The molecule has 1 heterocycles. The van der Waals surface area contributed by atoms with Gasteiger partial charge in [-0.05, 0) is 5.75 Å². The van der Waals surface area contributed by atoms with Crippen molar-refractivity contribution in [2.45, 2.75) is 11.8 Å². The zero-order valence-electron chi connectivity index (χ0n) is 7.16. The third-order valence-corrected chi connectivity index (χ3v) is 2.31. The minimum atomic E-state index is 0.535. The van der Waals surface area contributed by atoms with Crippen LogP contribution in [0.1, 0.15) is 12.6 Å². The Bertz CT molecular complexity index is 319. The van der Waals surface area contributed by atoms with E-state index >= 15 is 0 Å². The molecule has 12 heavy (non-hydrogen) atoms. The predicted octanol–water partition coefficient (Wildman–Crippen LogP) is 0.324. The lowest BCUT2D eigenvalue weighted by Crippen LogP contribution is -2.05. The van der Waals surface area contributed by atoms with Gasteiger partial charge in [0, 0.05) is 11.1 Å². The highest BCUT2D eigenvalue weighted by Crippen LogP contribution is 2.18. The lowest BCUT2D eigenvalue weighted by molar-refractivity contribution is 1.19. The van der Waals surface area contributed by atoms with Crippen molar-refractivity contribution in [3.63, 3.8) is 0 Å². The van der Waals surface area contributed by atoms with Gasteiger partial charge in [-0.1, -0.05) is 18.5 Å². The fourth-order valence-electron chi connectivity index (χ4n) is 0.892. The van der Waals surface area contributed by atoms with Crippen LogP contribution in [-0.4, -0.2) is 18.6 Å². The minimum Gasteiger partial charge on any atom is -0.245 e. The number of pyridine rings is 1. The highest BCUT2D eigenvalue weighted by atomic mass is 32.2. The van der Waals surface area contributed by atoms with E-state index in [2.05, 4.69) is 18.0 Å². The molecule has 1 aromatic heterocycles. The Balaban J connectivity index is 3.06. The van der Waals surface area contributed by atoms with Crippen LogP contribution in [0.25, 0.3) is 0 Å². The van der Waals surface area contributed by atoms with Crippen LogP contribution in [-0.2, 0) is 0 Å². The molecule has 0 fully saturated rings. The van der Waals surface area contributed by atoms with Crippen LogP contribution < -0.4 is 5.46 Å². The van der Waals surface area contributed by atoms with E-state index < -0.39 is 0 Å². The summed E-state index contributed by atoms with van der Waals surface area (Å²) >= 11 is 1.66. The molecule has 0 aliphatic carbocycles. The van der Waals surface area contributed by atoms with Crippen molar-refractivity contribution in [2.75, 3.05) is 5.75 Å². The van der Waals surface area contributed by atoms with Gasteiger partial charge in [0.1, 0.15) is 13.9 Å². The molecule has 60 valence electrons. The van der Waals surface area contributed by atoms with Crippen LogP contribution in [0.5, 0.6) is 0 Å². The first kappa shape index (κ1) is 9.15. The van der Waals surface area contributed by atoms with E-state index in [9.17, 15) is 0 Å². The lowest BCUT2D eigenvalue weighted by atomic mass is 9.99. The largest absolute Gasteiger partial charge is 0.245 e. The summed E-state index contributed by atoms with van der Waals surface area (Å²) < 4.78 is 0. The van der Waals surface area contributed by atoms with Crippen LogP contribution in [0.2, 0.25) is 0 Å². The number of hydrogen-bond donors (Lipinski definition) is 0. The van der Waals surface area contributed by atoms with E-state index in [4.69, 9.17) is 5.26 Å². The molecular formula is C8H9BN2S. The summed E-state index contributed by atoms with van der Waals surface area (Å²) in [6, 6.07) is 4.08. The number of nitrogens with zero attached hydrogens (tertiary/aromatic N) is 2. The van der Waals surface area contributed by atoms with Crippen molar-refractivity contribution in [1.82, 2.24) is 4.98 Å². The van der Waals surface area contributed by atoms with E-state index in [0.717, 1.165) is 16.1 Å². The summed E-state index contributed by atoms with van der Waals surface area (Å²) in [4.78, 5) is 5.02. The first-order chi connectivity index (χ1) is 5.77. The molecule has 0 amide bonds. The van der Waals surface area contributed by atoms with Gasteiger partial charge in [-0.15, -0.1) is 11.8 Å². The Morgan fingerprint density at radius 3 is 3.08 bits per heavy atom. The molecule has 0 saturated carbocycles. The van der Waals surface area contributed by atoms with Crippen molar-refractivity contribution in [1.29, 1.82) is 5.26 Å². The third-order valence-electron chi connectivity index (χ3n) is 1.40. The molecule has 0 aliphatic rings. The standard InChI is InChI=1S/C8H9BN2S/c1-2-12-8-3-6(9)5-11-7(8)4-10/h3,5H,2,9H2,1H3. The Labute approximate surface area is 77.4 Å².